The largest absolute Gasteiger partial charge is 0.489 e. The number of fused-ring (bicyclic) bond motifs is 1. The highest BCUT2D eigenvalue weighted by molar-refractivity contribution is 6.35. The van der Waals surface area contributed by atoms with Gasteiger partial charge in [0.15, 0.2) is 11.2 Å². The molecule has 2 heterocycles. The highest BCUT2D eigenvalue weighted by atomic mass is 35.5. The van der Waals surface area contributed by atoms with Gasteiger partial charge in [-0.1, -0.05) is 53.5 Å². The molecule has 0 radical (unpaired) electrons. The van der Waals surface area contributed by atoms with Crippen LogP contribution >= 0.6 is 23.2 Å². The third kappa shape index (κ3) is 5.05. The second-order valence-corrected chi connectivity index (χ2v) is 8.26. The van der Waals surface area contributed by atoms with E-state index in [1.807, 2.05) is 30.3 Å². The van der Waals surface area contributed by atoms with Crippen LogP contribution in [-0.2, 0) is 20.1 Å². The molecule has 0 amide bonds. The van der Waals surface area contributed by atoms with E-state index in [9.17, 15) is 14.7 Å². The molecule has 172 valence electrons. The number of H-pyrrole nitrogens is 1. The Labute approximate surface area is 198 Å². The Morgan fingerprint density at radius 2 is 1.94 bits per heavy atom. The van der Waals surface area contributed by atoms with Crippen molar-refractivity contribution in [2.45, 2.75) is 19.2 Å². The summed E-state index contributed by atoms with van der Waals surface area (Å²) < 4.78 is 8.40. The fourth-order valence-electron chi connectivity index (χ4n) is 3.37. The number of aromatic amines is 1. The van der Waals surface area contributed by atoms with E-state index in [1.54, 1.807) is 18.2 Å². The number of rotatable bonds is 8. The summed E-state index contributed by atoms with van der Waals surface area (Å²) in [4.78, 5) is 31.4. The molecule has 0 aliphatic heterocycles. The lowest BCUT2D eigenvalue weighted by molar-refractivity contribution is 0.0939. The van der Waals surface area contributed by atoms with E-state index in [4.69, 9.17) is 27.9 Å². The van der Waals surface area contributed by atoms with E-state index in [-0.39, 0.29) is 24.3 Å². The topological polar surface area (TPSA) is 114 Å². The molecular formula is C22H21Cl2N5O4. The van der Waals surface area contributed by atoms with Gasteiger partial charge in [0.05, 0.1) is 11.6 Å². The lowest BCUT2D eigenvalue weighted by atomic mass is 10.2. The van der Waals surface area contributed by atoms with Gasteiger partial charge < -0.3 is 19.7 Å². The van der Waals surface area contributed by atoms with Crippen molar-refractivity contribution in [2.24, 2.45) is 7.05 Å². The number of aliphatic hydroxyl groups excluding tert-OH is 1. The summed E-state index contributed by atoms with van der Waals surface area (Å²) in [6, 6.07) is 14.4. The number of ether oxygens (including phenoxy) is 1. The van der Waals surface area contributed by atoms with Crippen LogP contribution in [-0.4, -0.2) is 36.9 Å². The summed E-state index contributed by atoms with van der Waals surface area (Å²) in [6.45, 7) is 0.325. The summed E-state index contributed by atoms with van der Waals surface area (Å²) in [5, 5.41) is 14.6. The van der Waals surface area contributed by atoms with E-state index in [0.29, 0.717) is 28.3 Å². The Bertz CT molecular complexity index is 1400. The minimum Gasteiger partial charge on any atom is -0.489 e. The van der Waals surface area contributed by atoms with E-state index in [2.05, 4.69) is 15.3 Å². The van der Waals surface area contributed by atoms with Gasteiger partial charge in [-0.25, -0.2) is 4.79 Å². The number of anilines is 1. The second kappa shape index (κ2) is 9.70. The molecule has 4 rings (SSSR count). The van der Waals surface area contributed by atoms with Crippen LogP contribution in [0.15, 0.2) is 58.1 Å². The molecular weight excluding hydrogens is 469 g/mol. The highest BCUT2D eigenvalue weighted by Crippen LogP contribution is 2.27. The molecule has 2 aromatic carbocycles. The van der Waals surface area contributed by atoms with Crippen molar-refractivity contribution < 1.29 is 9.84 Å². The molecule has 2 aromatic heterocycles. The van der Waals surface area contributed by atoms with Crippen molar-refractivity contribution in [2.75, 3.05) is 11.9 Å². The predicted molar refractivity (Wildman–Crippen MR) is 127 cm³/mol. The van der Waals surface area contributed by atoms with Crippen molar-refractivity contribution in [3.05, 3.63) is 85.0 Å². The van der Waals surface area contributed by atoms with Crippen LogP contribution in [0, 0.1) is 0 Å². The number of hydrogen-bond acceptors (Lipinski definition) is 6. The number of imidazole rings is 1. The third-order valence-corrected chi connectivity index (χ3v) is 5.55. The molecule has 0 saturated heterocycles. The third-order valence-electron chi connectivity index (χ3n) is 5.02. The van der Waals surface area contributed by atoms with Gasteiger partial charge in [-0.3, -0.25) is 14.3 Å². The predicted octanol–water partition coefficient (Wildman–Crippen LogP) is 2.78. The first kappa shape index (κ1) is 22.9. The fraction of sp³-hybridized carbons (Fsp3) is 0.227. The van der Waals surface area contributed by atoms with Gasteiger partial charge in [-0.15, -0.1) is 0 Å². The Morgan fingerprint density at radius 1 is 1.18 bits per heavy atom. The van der Waals surface area contributed by atoms with Gasteiger partial charge in [0.2, 0.25) is 5.95 Å². The van der Waals surface area contributed by atoms with Gasteiger partial charge in [-0.2, -0.15) is 4.98 Å². The smallest absolute Gasteiger partial charge is 0.329 e. The van der Waals surface area contributed by atoms with Crippen LogP contribution in [0.3, 0.4) is 0 Å². The zero-order valence-electron chi connectivity index (χ0n) is 17.6. The van der Waals surface area contributed by atoms with Crippen LogP contribution in [0.5, 0.6) is 5.75 Å². The monoisotopic (exact) mass is 489 g/mol. The first-order chi connectivity index (χ1) is 15.8. The van der Waals surface area contributed by atoms with Crippen molar-refractivity contribution in [3.8, 4) is 5.75 Å². The van der Waals surface area contributed by atoms with Crippen LogP contribution in [0.1, 0.15) is 5.56 Å². The molecule has 0 aliphatic rings. The zero-order valence-corrected chi connectivity index (χ0v) is 19.1. The molecule has 0 aliphatic carbocycles. The summed E-state index contributed by atoms with van der Waals surface area (Å²) in [5.41, 5.74) is 0.194. The number of hydrogen-bond donors (Lipinski definition) is 3. The number of nitrogens with zero attached hydrogens (tertiary/aromatic N) is 3. The quantitative estimate of drug-likeness (QED) is 0.350. The molecule has 0 bridgehead atoms. The van der Waals surface area contributed by atoms with Crippen LogP contribution in [0.2, 0.25) is 10.0 Å². The number of benzene rings is 2. The minimum absolute atomic E-state index is 0.0138. The van der Waals surface area contributed by atoms with Gasteiger partial charge in [-0.05, 0) is 23.8 Å². The molecule has 11 heteroatoms. The Hall–Kier alpha value is -3.27. The van der Waals surface area contributed by atoms with Crippen molar-refractivity contribution >= 4 is 40.3 Å². The highest BCUT2D eigenvalue weighted by Gasteiger charge is 2.20. The first-order valence-corrected chi connectivity index (χ1v) is 10.8. The summed E-state index contributed by atoms with van der Waals surface area (Å²) in [6.07, 6.45) is -1.01. The standard InChI is InChI=1S/C22H21Cl2N5O4/c1-28-19-18(20(31)27-22(28)32)29(21(26-19)25-10-13-5-3-2-4-6-13)11-15(30)12-33-17-8-7-14(23)9-16(17)24/h2-9,15,30H,10-12H2,1H3,(H,25,26)(H,27,31,32). The molecule has 1 atom stereocenters. The Balaban J connectivity index is 1.61. The number of halogens is 2. The summed E-state index contributed by atoms with van der Waals surface area (Å²) >= 11 is 12.0. The van der Waals surface area contributed by atoms with Crippen LogP contribution in [0.4, 0.5) is 5.95 Å². The maximum absolute atomic E-state index is 12.6. The SMILES string of the molecule is Cn1c(=O)[nH]c(=O)c2c1nc(NCc1ccccc1)n2CC(O)COc1ccc(Cl)cc1Cl. The molecule has 0 saturated carbocycles. The maximum atomic E-state index is 12.6. The van der Waals surface area contributed by atoms with Gasteiger partial charge >= 0.3 is 5.69 Å². The number of aliphatic hydroxyl groups is 1. The second-order valence-electron chi connectivity index (χ2n) is 7.42. The molecule has 1 unspecified atom stereocenters. The molecule has 3 N–H and O–H groups in total. The lowest BCUT2D eigenvalue weighted by Crippen LogP contribution is -2.31. The Kier molecular flexibility index (Phi) is 6.73. The van der Waals surface area contributed by atoms with E-state index in [0.717, 1.165) is 5.56 Å². The molecule has 0 fully saturated rings. The van der Waals surface area contributed by atoms with Gasteiger partial charge in [0, 0.05) is 18.6 Å². The molecule has 33 heavy (non-hydrogen) atoms. The average Bonchev–Trinajstić information content (AvgIpc) is 3.15. The van der Waals surface area contributed by atoms with E-state index >= 15 is 0 Å². The van der Waals surface area contributed by atoms with Gasteiger partial charge in [0.25, 0.3) is 5.56 Å². The van der Waals surface area contributed by atoms with Crippen molar-refractivity contribution in [3.63, 3.8) is 0 Å². The normalized spacial score (nSPS) is 12.1. The molecule has 0 spiro atoms. The van der Waals surface area contributed by atoms with Gasteiger partial charge in [0.1, 0.15) is 18.5 Å². The first-order valence-electron chi connectivity index (χ1n) is 10.1. The fourth-order valence-corrected chi connectivity index (χ4v) is 3.83. The van der Waals surface area contributed by atoms with Crippen molar-refractivity contribution in [1.82, 2.24) is 19.1 Å². The lowest BCUT2D eigenvalue weighted by Gasteiger charge is -2.16. The van der Waals surface area contributed by atoms with Crippen LogP contribution in [0.25, 0.3) is 11.2 Å². The summed E-state index contributed by atoms with van der Waals surface area (Å²) in [5.74, 6) is 0.711. The minimum atomic E-state index is -1.01. The average molecular weight is 490 g/mol. The number of nitrogens with one attached hydrogen (secondary N) is 2. The number of aryl methyl sites for hydroxylation is 1. The maximum Gasteiger partial charge on any atom is 0.329 e. The Morgan fingerprint density at radius 3 is 2.67 bits per heavy atom. The zero-order chi connectivity index (χ0) is 23.5. The molecule has 9 nitrogen and oxygen atoms in total. The van der Waals surface area contributed by atoms with E-state index in [1.165, 1.54) is 16.2 Å². The van der Waals surface area contributed by atoms with Crippen molar-refractivity contribution in [1.29, 1.82) is 0 Å². The summed E-state index contributed by atoms with van der Waals surface area (Å²) in [7, 11) is 1.51. The molecule has 4 aromatic rings. The van der Waals surface area contributed by atoms with Crippen LogP contribution < -0.4 is 21.3 Å². The number of aromatic nitrogens is 4. The van der Waals surface area contributed by atoms with E-state index < -0.39 is 17.4 Å².